The van der Waals surface area contributed by atoms with Crippen molar-refractivity contribution in [2.24, 2.45) is 5.41 Å². The maximum Gasteiger partial charge on any atom is 0.229 e. The van der Waals surface area contributed by atoms with Gasteiger partial charge in [-0.15, -0.1) is 0 Å². The maximum absolute atomic E-state index is 14.9. The zero-order valence-corrected chi connectivity index (χ0v) is 25.8. The smallest absolute Gasteiger partial charge is 0.229 e. The first kappa shape index (κ1) is 33.5. The summed E-state index contributed by atoms with van der Waals surface area (Å²) in [4.78, 5) is 40.8. The molecule has 13 heteroatoms. The summed E-state index contributed by atoms with van der Waals surface area (Å²) in [5.41, 5.74) is 5.48. The number of nitrogens with zero attached hydrogens (tertiary/aromatic N) is 4. The molecule has 2 heterocycles. The van der Waals surface area contributed by atoms with E-state index in [-0.39, 0.29) is 22.5 Å². The molecule has 2 aromatic heterocycles. The Kier molecular flexibility index (Phi) is 9.43. The first-order chi connectivity index (χ1) is 22.8. The number of ketones is 1. The maximum atomic E-state index is 14.9. The van der Waals surface area contributed by atoms with E-state index in [2.05, 4.69) is 25.3 Å². The Labute approximate surface area is 271 Å². The number of amides is 1. The third-order valence-corrected chi connectivity index (χ3v) is 7.22. The Bertz CT molecular complexity index is 2190. The van der Waals surface area contributed by atoms with Crippen LogP contribution in [0.15, 0.2) is 85.5 Å². The predicted octanol–water partition coefficient (Wildman–Crippen LogP) is 6.70. The number of aromatic nitrogens is 4. The lowest BCUT2D eigenvalue weighted by atomic mass is 9.95. The molecule has 9 nitrogen and oxygen atoms in total. The van der Waals surface area contributed by atoms with Crippen LogP contribution in [0.1, 0.15) is 53.9 Å². The monoisotopic (exact) mass is 656 g/mol. The van der Waals surface area contributed by atoms with Crippen LogP contribution in [0.4, 0.5) is 28.9 Å². The Balaban J connectivity index is 0.000000194. The van der Waals surface area contributed by atoms with E-state index in [9.17, 15) is 32.3 Å². The van der Waals surface area contributed by atoms with Crippen LogP contribution in [0, 0.1) is 28.7 Å². The second kappa shape index (κ2) is 13.5. The van der Waals surface area contributed by atoms with E-state index in [0.717, 1.165) is 24.3 Å². The van der Waals surface area contributed by atoms with Gasteiger partial charge in [0.15, 0.2) is 17.4 Å². The van der Waals surface area contributed by atoms with Gasteiger partial charge in [0.1, 0.15) is 17.7 Å². The first-order valence-electron chi connectivity index (χ1n) is 14.4. The van der Waals surface area contributed by atoms with Gasteiger partial charge in [0.2, 0.25) is 5.91 Å². The quantitative estimate of drug-likeness (QED) is 0.106. The normalized spacial score (nSPS) is 11.9. The van der Waals surface area contributed by atoms with Gasteiger partial charge in [0.05, 0.1) is 44.6 Å². The standard InChI is InChI=1S/C20H19F2N3O2.C15H9F2N3O/c1-20(2,3)19(27)25-14-7-5-12(21)16(17(14)22)18(26)11-4-6-13-15(10-11)24-9-8-23-13;16-9-2-3-10(18)14(17)13(9)15(21)8-1-4-11-12(7-8)20-6-5-19-11/h4-10,18,26H,1-3H3,(H,25,27);1-7H,18H2. The van der Waals surface area contributed by atoms with E-state index in [1.165, 1.54) is 49.1 Å². The molecule has 4 aromatic carbocycles. The summed E-state index contributed by atoms with van der Waals surface area (Å²) in [6.45, 7) is 5.03. The van der Waals surface area contributed by atoms with Crippen molar-refractivity contribution in [3.8, 4) is 0 Å². The van der Waals surface area contributed by atoms with E-state index >= 15 is 0 Å². The molecule has 244 valence electrons. The number of carbonyl (C=O) groups is 2. The molecule has 0 spiro atoms. The highest BCUT2D eigenvalue weighted by Crippen LogP contribution is 2.32. The number of nitrogen functional groups attached to an aromatic ring is 1. The summed E-state index contributed by atoms with van der Waals surface area (Å²) in [5, 5.41) is 13.0. The summed E-state index contributed by atoms with van der Waals surface area (Å²) < 4.78 is 56.8. The van der Waals surface area contributed by atoms with Crippen molar-refractivity contribution in [3.63, 3.8) is 0 Å². The number of benzene rings is 4. The molecular weight excluding hydrogens is 628 g/mol. The van der Waals surface area contributed by atoms with Crippen LogP contribution in [0.3, 0.4) is 0 Å². The highest BCUT2D eigenvalue weighted by atomic mass is 19.1. The fraction of sp³-hybridized carbons (Fsp3) is 0.143. The van der Waals surface area contributed by atoms with Gasteiger partial charge in [0, 0.05) is 35.8 Å². The summed E-state index contributed by atoms with van der Waals surface area (Å²) in [5.74, 6) is -5.14. The van der Waals surface area contributed by atoms with Crippen molar-refractivity contribution in [2.75, 3.05) is 11.1 Å². The van der Waals surface area contributed by atoms with E-state index in [4.69, 9.17) is 5.73 Å². The number of halogens is 4. The van der Waals surface area contributed by atoms with Gasteiger partial charge < -0.3 is 16.2 Å². The van der Waals surface area contributed by atoms with Gasteiger partial charge in [-0.05, 0) is 60.2 Å². The molecule has 0 bridgehead atoms. The fourth-order valence-corrected chi connectivity index (χ4v) is 4.57. The van der Waals surface area contributed by atoms with Crippen molar-refractivity contribution in [2.45, 2.75) is 26.9 Å². The van der Waals surface area contributed by atoms with Gasteiger partial charge in [-0.25, -0.2) is 17.6 Å². The minimum Gasteiger partial charge on any atom is -0.396 e. The molecule has 1 atom stereocenters. The zero-order chi connectivity index (χ0) is 34.7. The zero-order valence-electron chi connectivity index (χ0n) is 25.8. The molecule has 4 N–H and O–H groups in total. The topological polar surface area (TPSA) is 144 Å². The summed E-state index contributed by atoms with van der Waals surface area (Å²) in [6.07, 6.45) is 4.43. The molecular formula is C35H28F4N6O3. The Morgan fingerprint density at radius 3 is 1.92 bits per heavy atom. The second-order valence-electron chi connectivity index (χ2n) is 11.6. The SMILES string of the molecule is CC(C)(C)C(=O)Nc1ccc(F)c(C(O)c2ccc3nccnc3c2)c1F.Nc1ccc(F)c(C(=O)c2ccc3nccnc3c2)c1F. The van der Waals surface area contributed by atoms with Crippen molar-refractivity contribution >= 4 is 45.1 Å². The number of carbonyl (C=O) groups excluding carboxylic acids is 2. The van der Waals surface area contributed by atoms with Crippen LogP contribution in [0.2, 0.25) is 0 Å². The van der Waals surface area contributed by atoms with E-state index in [0.29, 0.717) is 22.1 Å². The lowest BCUT2D eigenvalue weighted by Gasteiger charge is -2.20. The van der Waals surface area contributed by atoms with Gasteiger partial charge in [-0.3, -0.25) is 29.5 Å². The van der Waals surface area contributed by atoms with Crippen LogP contribution in [0.25, 0.3) is 22.1 Å². The molecule has 0 aliphatic heterocycles. The number of aliphatic hydroxyl groups excluding tert-OH is 1. The lowest BCUT2D eigenvalue weighted by molar-refractivity contribution is -0.123. The van der Waals surface area contributed by atoms with Gasteiger partial charge in [-0.2, -0.15) is 0 Å². The number of fused-ring (bicyclic) bond motifs is 2. The molecule has 0 aliphatic rings. The molecule has 0 fully saturated rings. The third kappa shape index (κ3) is 6.95. The molecule has 0 aliphatic carbocycles. The molecule has 6 rings (SSSR count). The van der Waals surface area contributed by atoms with Gasteiger partial charge >= 0.3 is 0 Å². The molecule has 6 aromatic rings. The molecule has 1 unspecified atom stereocenters. The van der Waals surface area contributed by atoms with Gasteiger partial charge in [-0.1, -0.05) is 26.8 Å². The van der Waals surface area contributed by atoms with E-state index < -0.39 is 57.6 Å². The Morgan fingerprint density at radius 1 is 0.729 bits per heavy atom. The number of nitrogens with two attached hydrogens (primary N) is 1. The van der Waals surface area contributed by atoms with Crippen LogP contribution in [-0.2, 0) is 4.79 Å². The highest BCUT2D eigenvalue weighted by Gasteiger charge is 2.27. The lowest BCUT2D eigenvalue weighted by Crippen LogP contribution is -2.28. The molecule has 0 saturated carbocycles. The average molecular weight is 657 g/mol. The van der Waals surface area contributed by atoms with Crippen molar-refractivity contribution in [1.29, 1.82) is 0 Å². The molecule has 1 amide bonds. The minimum atomic E-state index is -1.57. The number of aliphatic hydroxyl groups is 1. The number of hydrogen-bond donors (Lipinski definition) is 3. The number of hydrogen-bond acceptors (Lipinski definition) is 8. The highest BCUT2D eigenvalue weighted by molar-refractivity contribution is 6.11. The Hall–Kier alpha value is -5.82. The van der Waals surface area contributed by atoms with Gasteiger partial charge in [0.25, 0.3) is 0 Å². The van der Waals surface area contributed by atoms with E-state index in [1.807, 2.05) is 0 Å². The third-order valence-electron chi connectivity index (χ3n) is 7.22. The Morgan fingerprint density at radius 2 is 1.29 bits per heavy atom. The number of rotatable bonds is 5. The molecule has 48 heavy (non-hydrogen) atoms. The van der Waals surface area contributed by atoms with Crippen LogP contribution in [0.5, 0.6) is 0 Å². The summed E-state index contributed by atoms with van der Waals surface area (Å²) >= 11 is 0. The fourth-order valence-electron chi connectivity index (χ4n) is 4.57. The largest absolute Gasteiger partial charge is 0.396 e. The number of anilines is 2. The average Bonchev–Trinajstić information content (AvgIpc) is 3.07. The molecule has 0 radical (unpaired) electrons. The molecule has 0 saturated heterocycles. The summed E-state index contributed by atoms with van der Waals surface area (Å²) in [7, 11) is 0. The second-order valence-corrected chi connectivity index (χ2v) is 11.6. The minimum absolute atomic E-state index is 0.117. The van der Waals surface area contributed by atoms with Crippen molar-refractivity contribution in [1.82, 2.24) is 19.9 Å². The number of nitrogens with one attached hydrogen (secondary N) is 1. The van der Waals surface area contributed by atoms with Crippen LogP contribution in [-0.4, -0.2) is 36.7 Å². The summed E-state index contributed by atoms with van der Waals surface area (Å²) in [6, 6.07) is 13.3. The van der Waals surface area contributed by atoms with Crippen LogP contribution < -0.4 is 11.1 Å². The first-order valence-corrected chi connectivity index (χ1v) is 14.4. The predicted molar refractivity (Wildman–Crippen MR) is 172 cm³/mol. The van der Waals surface area contributed by atoms with Crippen molar-refractivity contribution < 1.29 is 32.3 Å². The van der Waals surface area contributed by atoms with Crippen LogP contribution >= 0.6 is 0 Å². The van der Waals surface area contributed by atoms with E-state index in [1.54, 1.807) is 32.9 Å². The van der Waals surface area contributed by atoms with Crippen molar-refractivity contribution in [3.05, 3.63) is 131 Å².